The maximum atomic E-state index is 2.29. The minimum atomic E-state index is 0. The number of benzene rings is 3. The predicted octanol–water partition coefficient (Wildman–Crippen LogP) is 4.38. The molecule has 0 N–H and O–H groups in total. The molecule has 30 heavy (non-hydrogen) atoms. The Kier molecular flexibility index (Phi) is 11.2. The lowest BCUT2D eigenvalue weighted by molar-refractivity contribution is -0.966. The van der Waals surface area contributed by atoms with E-state index in [-0.39, 0.29) is 24.0 Å². The van der Waals surface area contributed by atoms with Crippen LogP contribution in [0.3, 0.4) is 0 Å². The fraction of sp³-hybridized carbons (Fsp3) is 0.357. The number of halogens is 1. The van der Waals surface area contributed by atoms with Crippen molar-refractivity contribution in [3.63, 3.8) is 0 Å². The van der Waals surface area contributed by atoms with Crippen LogP contribution in [0.25, 0.3) is 0 Å². The Balaban J connectivity index is 0.00000320. The minimum Gasteiger partial charge on any atom is -1.00 e. The molecular formula is C28H36IN. The van der Waals surface area contributed by atoms with E-state index in [2.05, 4.69) is 97.9 Å². The van der Waals surface area contributed by atoms with Gasteiger partial charge >= 0.3 is 0 Å². The zero-order valence-corrected chi connectivity index (χ0v) is 20.5. The molecule has 0 bridgehead atoms. The fourth-order valence-corrected chi connectivity index (χ4v) is 4.37. The number of nitrogens with zero attached hydrogens (tertiary/aromatic N) is 1. The Morgan fingerprint density at radius 2 is 0.867 bits per heavy atom. The maximum absolute atomic E-state index is 2.29. The summed E-state index contributed by atoms with van der Waals surface area (Å²) in [4.78, 5) is 0. The number of rotatable bonds is 12. The Morgan fingerprint density at radius 1 is 0.500 bits per heavy atom. The van der Waals surface area contributed by atoms with Crippen molar-refractivity contribution in [1.29, 1.82) is 0 Å². The smallest absolute Gasteiger partial charge is 0.105 e. The highest BCUT2D eigenvalue weighted by atomic mass is 127. The van der Waals surface area contributed by atoms with Crippen LogP contribution in [0.4, 0.5) is 0 Å². The Bertz CT molecular complexity index is 700. The highest BCUT2D eigenvalue weighted by Crippen LogP contribution is 2.25. The van der Waals surface area contributed by atoms with Crippen LogP contribution < -0.4 is 24.0 Å². The van der Waals surface area contributed by atoms with Gasteiger partial charge in [0, 0.05) is 16.7 Å². The van der Waals surface area contributed by atoms with Crippen LogP contribution >= 0.6 is 0 Å². The van der Waals surface area contributed by atoms with Crippen LogP contribution in [0, 0.1) is 0 Å². The van der Waals surface area contributed by atoms with Crippen LogP contribution in [0.2, 0.25) is 0 Å². The quantitative estimate of drug-likeness (QED) is 0.192. The van der Waals surface area contributed by atoms with Crippen LogP contribution in [-0.2, 0) is 19.6 Å². The lowest BCUT2D eigenvalue weighted by atomic mass is 10.0. The molecule has 0 radical (unpaired) electrons. The van der Waals surface area contributed by atoms with Crippen molar-refractivity contribution in [2.24, 2.45) is 0 Å². The van der Waals surface area contributed by atoms with Gasteiger partial charge in [-0.2, -0.15) is 0 Å². The summed E-state index contributed by atoms with van der Waals surface area (Å²) in [5, 5.41) is 0. The highest BCUT2D eigenvalue weighted by molar-refractivity contribution is 5.17. The minimum absolute atomic E-state index is 0. The molecule has 160 valence electrons. The van der Waals surface area contributed by atoms with Crippen molar-refractivity contribution in [1.82, 2.24) is 0 Å². The summed E-state index contributed by atoms with van der Waals surface area (Å²) < 4.78 is 1.09. The van der Waals surface area contributed by atoms with Gasteiger partial charge in [-0.3, -0.25) is 0 Å². The zero-order valence-electron chi connectivity index (χ0n) is 18.3. The molecule has 2 heteroatoms. The third-order valence-electron chi connectivity index (χ3n) is 5.82. The number of unbranched alkanes of at least 4 members (excludes halogenated alkanes) is 4. The molecule has 0 atom stereocenters. The van der Waals surface area contributed by atoms with Crippen LogP contribution in [-0.4, -0.2) is 11.0 Å². The lowest BCUT2D eigenvalue weighted by Gasteiger charge is -2.39. The first-order chi connectivity index (χ1) is 14.3. The Hall–Kier alpha value is -1.65. The van der Waals surface area contributed by atoms with Gasteiger partial charge in [0.25, 0.3) is 0 Å². The molecule has 3 rings (SSSR count). The molecule has 0 unspecified atom stereocenters. The predicted molar refractivity (Wildman–Crippen MR) is 124 cm³/mol. The summed E-state index contributed by atoms with van der Waals surface area (Å²) in [7, 11) is 0. The molecule has 0 heterocycles. The average molecular weight is 514 g/mol. The Morgan fingerprint density at radius 3 is 1.23 bits per heavy atom. The zero-order chi connectivity index (χ0) is 20.2. The normalized spacial score (nSPS) is 11.1. The maximum Gasteiger partial charge on any atom is 0.105 e. The van der Waals surface area contributed by atoms with E-state index in [0.717, 1.165) is 24.1 Å². The van der Waals surface area contributed by atoms with Gasteiger partial charge in [0.15, 0.2) is 0 Å². The molecule has 0 saturated carbocycles. The molecule has 0 aliphatic heterocycles. The van der Waals surface area contributed by atoms with E-state index in [1.165, 1.54) is 55.3 Å². The molecule has 0 amide bonds. The summed E-state index contributed by atoms with van der Waals surface area (Å²) >= 11 is 0. The van der Waals surface area contributed by atoms with E-state index in [9.17, 15) is 0 Å². The van der Waals surface area contributed by atoms with Crippen LogP contribution in [0.5, 0.6) is 0 Å². The van der Waals surface area contributed by atoms with Gasteiger partial charge in [0.1, 0.15) is 19.6 Å². The first kappa shape index (κ1) is 24.6. The summed E-state index contributed by atoms with van der Waals surface area (Å²) in [5.41, 5.74) is 4.31. The lowest BCUT2D eigenvalue weighted by Crippen LogP contribution is -3.00. The van der Waals surface area contributed by atoms with Gasteiger partial charge in [-0.15, -0.1) is 0 Å². The van der Waals surface area contributed by atoms with E-state index in [4.69, 9.17) is 0 Å². The highest BCUT2D eigenvalue weighted by Gasteiger charge is 2.28. The van der Waals surface area contributed by atoms with E-state index < -0.39 is 0 Å². The molecule has 3 aromatic rings. The van der Waals surface area contributed by atoms with E-state index in [1.807, 2.05) is 0 Å². The second-order valence-corrected chi connectivity index (χ2v) is 8.41. The SMILES string of the molecule is CCCCCCC[N+](Cc1ccccc1)(Cc1ccccc1)Cc1ccccc1.[I-]. The molecule has 1 nitrogen and oxygen atoms in total. The topological polar surface area (TPSA) is 0 Å². The van der Waals surface area contributed by atoms with Gasteiger partial charge in [0.05, 0.1) is 6.54 Å². The second kappa shape index (κ2) is 13.6. The van der Waals surface area contributed by atoms with Crippen molar-refractivity contribution in [2.45, 2.75) is 58.7 Å². The van der Waals surface area contributed by atoms with E-state index in [1.54, 1.807) is 0 Å². The van der Waals surface area contributed by atoms with Crippen molar-refractivity contribution in [3.8, 4) is 0 Å². The average Bonchev–Trinajstić information content (AvgIpc) is 2.76. The van der Waals surface area contributed by atoms with Gasteiger partial charge in [0.2, 0.25) is 0 Å². The molecule has 0 aromatic heterocycles. The van der Waals surface area contributed by atoms with Gasteiger partial charge in [-0.25, -0.2) is 0 Å². The Labute approximate surface area is 200 Å². The fourth-order valence-electron chi connectivity index (χ4n) is 4.37. The standard InChI is InChI=1S/C28H36N.HI/c1-2-3-4-5-15-22-29(23-26-16-9-6-10-17-26,24-27-18-11-7-12-19-27)25-28-20-13-8-14-21-28;/h6-14,16-21H,2-5,15,22-25H2,1H3;1H/q+1;/p-1. The molecule has 0 aliphatic carbocycles. The third-order valence-corrected chi connectivity index (χ3v) is 5.82. The molecule has 0 saturated heterocycles. The first-order valence-electron chi connectivity index (χ1n) is 11.3. The van der Waals surface area contributed by atoms with E-state index >= 15 is 0 Å². The first-order valence-corrected chi connectivity index (χ1v) is 11.3. The van der Waals surface area contributed by atoms with Crippen LogP contribution in [0.15, 0.2) is 91.0 Å². The largest absolute Gasteiger partial charge is 1.00 e. The number of hydrogen-bond donors (Lipinski definition) is 0. The molecule has 0 spiro atoms. The summed E-state index contributed by atoms with van der Waals surface area (Å²) in [5.74, 6) is 0. The van der Waals surface area contributed by atoms with Gasteiger partial charge in [-0.05, 0) is 12.8 Å². The van der Waals surface area contributed by atoms with E-state index in [0.29, 0.717) is 0 Å². The van der Waals surface area contributed by atoms with Crippen molar-refractivity contribution in [3.05, 3.63) is 108 Å². The van der Waals surface area contributed by atoms with Crippen LogP contribution in [0.1, 0.15) is 55.7 Å². The van der Waals surface area contributed by atoms with Crippen molar-refractivity contribution in [2.75, 3.05) is 6.54 Å². The summed E-state index contributed by atoms with van der Waals surface area (Å²) in [6.07, 6.45) is 6.66. The summed E-state index contributed by atoms with van der Waals surface area (Å²) in [6.45, 7) is 6.76. The summed E-state index contributed by atoms with van der Waals surface area (Å²) in [6, 6.07) is 33.2. The molecule has 0 aliphatic rings. The van der Waals surface area contributed by atoms with Gasteiger partial charge < -0.3 is 28.5 Å². The van der Waals surface area contributed by atoms with Gasteiger partial charge in [-0.1, -0.05) is 117 Å². The monoisotopic (exact) mass is 513 g/mol. The number of hydrogen-bond acceptors (Lipinski definition) is 0. The molecular weight excluding hydrogens is 477 g/mol. The molecule has 0 fully saturated rings. The number of quaternary nitrogens is 1. The van der Waals surface area contributed by atoms with Crippen molar-refractivity contribution >= 4 is 0 Å². The second-order valence-electron chi connectivity index (χ2n) is 8.41. The third kappa shape index (κ3) is 8.23. The molecule has 3 aromatic carbocycles. The van der Waals surface area contributed by atoms with Crippen molar-refractivity contribution < 1.29 is 28.5 Å².